The molecule has 37 heavy (non-hydrogen) atoms. The van der Waals surface area contributed by atoms with Crippen molar-refractivity contribution in [3.63, 3.8) is 0 Å². The first-order chi connectivity index (χ1) is 17.7. The Balaban J connectivity index is 1.98. The van der Waals surface area contributed by atoms with Gasteiger partial charge < -0.3 is 9.84 Å². The van der Waals surface area contributed by atoms with Gasteiger partial charge in [0.2, 0.25) is 0 Å². The number of nitrogens with zero attached hydrogens (tertiary/aromatic N) is 2. The van der Waals surface area contributed by atoms with Crippen molar-refractivity contribution in [1.29, 1.82) is 0 Å². The van der Waals surface area contributed by atoms with Gasteiger partial charge in [0.15, 0.2) is 4.80 Å². The number of esters is 1. The third kappa shape index (κ3) is 5.54. The van der Waals surface area contributed by atoms with Crippen molar-refractivity contribution < 1.29 is 14.6 Å². The minimum absolute atomic E-state index is 0.0896. The van der Waals surface area contributed by atoms with Crippen LogP contribution in [0.3, 0.4) is 0 Å². The van der Waals surface area contributed by atoms with E-state index in [-0.39, 0.29) is 17.9 Å². The van der Waals surface area contributed by atoms with Gasteiger partial charge in [0.25, 0.3) is 5.56 Å². The Morgan fingerprint density at radius 3 is 2.41 bits per heavy atom. The monoisotopic (exact) mass is 646 g/mol. The van der Waals surface area contributed by atoms with E-state index < -0.39 is 12.0 Å². The third-order valence-electron chi connectivity index (χ3n) is 6.15. The molecule has 194 valence electrons. The molecule has 9 heteroatoms. The van der Waals surface area contributed by atoms with Crippen molar-refractivity contribution in [3.8, 4) is 5.75 Å². The van der Waals surface area contributed by atoms with Crippen LogP contribution in [0.4, 0.5) is 0 Å². The minimum atomic E-state index is -0.640. The lowest BCUT2D eigenvalue weighted by Crippen LogP contribution is -2.40. The average molecular weight is 648 g/mol. The van der Waals surface area contributed by atoms with E-state index in [2.05, 4.69) is 45.7 Å². The van der Waals surface area contributed by atoms with E-state index in [0.717, 1.165) is 17.5 Å². The molecule has 0 amide bonds. The van der Waals surface area contributed by atoms with Gasteiger partial charge in [-0.25, -0.2) is 9.79 Å². The first kappa shape index (κ1) is 27.5. The molecule has 0 unspecified atom stereocenters. The van der Waals surface area contributed by atoms with Gasteiger partial charge in [-0.1, -0.05) is 62.8 Å². The molecular weight excluding hydrogens is 620 g/mol. The summed E-state index contributed by atoms with van der Waals surface area (Å²) in [5.74, 6) is -0.00392. The van der Waals surface area contributed by atoms with Crippen molar-refractivity contribution in [2.75, 3.05) is 6.61 Å². The maximum Gasteiger partial charge on any atom is 0.338 e. The van der Waals surface area contributed by atoms with Crippen LogP contribution in [0.2, 0.25) is 0 Å². The van der Waals surface area contributed by atoms with Crippen LogP contribution in [0.5, 0.6) is 5.75 Å². The largest absolute Gasteiger partial charge is 0.506 e. The Morgan fingerprint density at radius 2 is 1.84 bits per heavy atom. The normalized spacial score (nSPS) is 15.6. The fourth-order valence-corrected chi connectivity index (χ4v) is 6.56. The van der Waals surface area contributed by atoms with Crippen molar-refractivity contribution in [1.82, 2.24) is 4.57 Å². The van der Waals surface area contributed by atoms with Gasteiger partial charge in [0, 0.05) is 0 Å². The number of allylic oxidation sites excluding steroid dienone is 1. The molecule has 0 radical (unpaired) electrons. The van der Waals surface area contributed by atoms with Crippen LogP contribution in [-0.4, -0.2) is 22.2 Å². The van der Waals surface area contributed by atoms with Crippen LogP contribution in [0.25, 0.3) is 6.08 Å². The highest BCUT2D eigenvalue weighted by atomic mass is 79.9. The zero-order chi connectivity index (χ0) is 26.9. The Kier molecular flexibility index (Phi) is 8.56. The number of rotatable bonds is 7. The Morgan fingerprint density at radius 1 is 1.19 bits per heavy atom. The summed E-state index contributed by atoms with van der Waals surface area (Å²) in [5.41, 5.74) is 3.57. The summed E-state index contributed by atoms with van der Waals surface area (Å²) in [4.78, 5) is 32.5. The molecule has 0 aliphatic carbocycles. The van der Waals surface area contributed by atoms with E-state index in [4.69, 9.17) is 9.73 Å². The second-order valence-corrected chi connectivity index (χ2v) is 11.8. The number of thiazole rings is 1. The molecule has 4 rings (SSSR count). The first-order valence-electron chi connectivity index (χ1n) is 12.2. The zero-order valence-electron chi connectivity index (χ0n) is 21.0. The van der Waals surface area contributed by atoms with Crippen molar-refractivity contribution >= 4 is 55.2 Å². The van der Waals surface area contributed by atoms with Crippen molar-refractivity contribution in [3.05, 3.63) is 93.0 Å². The number of ether oxygens (including phenoxy) is 1. The van der Waals surface area contributed by atoms with E-state index in [0.29, 0.717) is 41.9 Å². The molecule has 0 saturated heterocycles. The maximum atomic E-state index is 13.8. The molecule has 0 fully saturated rings. The summed E-state index contributed by atoms with van der Waals surface area (Å²) < 4.78 is 8.57. The first-order valence-corrected chi connectivity index (χ1v) is 14.6. The number of hydrogen-bond acceptors (Lipinski definition) is 6. The van der Waals surface area contributed by atoms with Gasteiger partial charge in [0.1, 0.15) is 5.75 Å². The van der Waals surface area contributed by atoms with Gasteiger partial charge >= 0.3 is 5.97 Å². The highest BCUT2D eigenvalue weighted by Gasteiger charge is 2.34. The van der Waals surface area contributed by atoms with Crippen LogP contribution >= 0.6 is 43.2 Å². The highest BCUT2D eigenvalue weighted by molar-refractivity contribution is 9.11. The lowest BCUT2D eigenvalue weighted by molar-refractivity contribution is -0.139. The predicted octanol–water partition coefficient (Wildman–Crippen LogP) is 5.93. The Bertz CT molecular complexity index is 1530. The molecule has 0 bridgehead atoms. The van der Waals surface area contributed by atoms with Crippen molar-refractivity contribution in [2.24, 2.45) is 4.99 Å². The maximum absolute atomic E-state index is 13.8. The predicted molar refractivity (Wildman–Crippen MR) is 154 cm³/mol. The van der Waals surface area contributed by atoms with E-state index in [9.17, 15) is 14.7 Å². The summed E-state index contributed by atoms with van der Waals surface area (Å²) >= 11 is 7.98. The van der Waals surface area contributed by atoms with Crippen LogP contribution in [0, 0.1) is 0 Å². The smallest absolute Gasteiger partial charge is 0.338 e. The molecule has 1 aliphatic heterocycles. The molecule has 1 N–H and O–H groups in total. The number of benzene rings is 2. The SMILES string of the molecule is CCCC1=C(C(=O)OCC)[C@H](c2ccc(C(C)C)cc2)n2c(s/c(=C\c3cc(Br)c(O)c(Br)c3)c2=O)=N1. The minimum Gasteiger partial charge on any atom is -0.506 e. The molecule has 1 aromatic heterocycles. The lowest BCUT2D eigenvalue weighted by Gasteiger charge is -2.26. The number of fused-ring (bicyclic) bond motifs is 1. The summed E-state index contributed by atoms with van der Waals surface area (Å²) in [6.45, 7) is 8.29. The molecule has 3 aromatic rings. The number of phenolic OH excluding ortho intramolecular Hbond substituents is 1. The summed E-state index contributed by atoms with van der Waals surface area (Å²) in [5, 5.41) is 10.1. The molecule has 0 saturated carbocycles. The lowest BCUT2D eigenvalue weighted by atomic mass is 9.92. The molecular formula is C28H28Br2N2O4S. The zero-order valence-corrected chi connectivity index (χ0v) is 25.0. The van der Waals surface area contributed by atoms with Gasteiger partial charge in [-0.05, 0) is 86.0 Å². The standard InChI is InChI=1S/C28H28Br2N2O4S/c1-5-7-21-23(27(35)36-6-2)24(18-10-8-17(9-11-18)15(3)4)32-26(34)22(37-28(32)31-21)14-16-12-19(29)25(33)20(30)13-16/h8-15,24,33H,5-7H2,1-4H3/b22-14-/t24-/m0/s1. The number of phenols is 1. The number of aromatic hydroxyl groups is 1. The van der Waals surface area contributed by atoms with Crippen LogP contribution in [-0.2, 0) is 9.53 Å². The second kappa shape index (κ2) is 11.5. The number of hydrogen-bond donors (Lipinski definition) is 1. The summed E-state index contributed by atoms with van der Waals surface area (Å²) in [6.07, 6.45) is 3.16. The molecule has 0 spiro atoms. The highest BCUT2D eigenvalue weighted by Crippen LogP contribution is 2.34. The fraction of sp³-hybridized carbons (Fsp3) is 0.321. The molecule has 1 atom stereocenters. The second-order valence-electron chi connectivity index (χ2n) is 9.07. The van der Waals surface area contributed by atoms with Crippen LogP contribution < -0.4 is 14.9 Å². The van der Waals surface area contributed by atoms with Gasteiger partial charge in [-0.2, -0.15) is 0 Å². The quantitative estimate of drug-likeness (QED) is 0.322. The molecule has 6 nitrogen and oxygen atoms in total. The molecule has 1 aliphatic rings. The van der Waals surface area contributed by atoms with E-state index in [1.807, 2.05) is 31.2 Å². The van der Waals surface area contributed by atoms with Crippen LogP contribution in [0.15, 0.2) is 66.4 Å². The van der Waals surface area contributed by atoms with E-state index >= 15 is 0 Å². The Labute approximate surface area is 236 Å². The third-order valence-corrected chi connectivity index (χ3v) is 8.34. The Hall–Kier alpha value is -2.49. The number of carbonyl (C=O) groups excluding carboxylic acids is 1. The van der Waals surface area contributed by atoms with Gasteiger partial charge in [-0.15, -0.1) is 0 Å². The summed E-state index contributed by atoms with van der Waals surface area (Å²) in [6, 6.07) is 10.9. The van der Waals surface area contributed by atoms with Gasteiger partial charge in [0.05, 0.1) is 37.4 Å². The van der Waals surface area contributed by atoms with Crippen molar-refractivity contribution in [2.45, 2.75) is 52.5 Å². The molecule has 2 heterocycles. The molecule has 2 aromatic carbocycles. The van der Waals surface area contributed by atoms with E-state index in [1.165, 1.54) is 16.9 Å². The van der Waals surface area contributed by atoms with E-state index in [1.54, 1.807) is 29.7 Å². The number of carbonyl (C=O) groups is 1. The topological polar surface area (TPSA) is 80.9 Å². The van der Waals surface area contributed by atoms with Gasteiger partial charge in [-0.3, -0.25) is 9.36 Å². The van der Waals surface area contributed by atoms with Crippen LogP contribution in [0.1, 0.15) is 69.2 Å². The average Bonchev–Trinajstić information content (AvgIpc) is 3.16. The summed E-state index contributed by atoms with van der Waals surface area (Å²) in [7, 11) is 0. The fourth-order valence-electron chi connectivity index (χ4n) is 4.32. The number of halogens is 2. The number of aromatic nitrogens is 1.